The van der Waals surface area contributed by atoms with E-state index in [2.05, 4.69) is 0 Å². The van der Waals surface area contributed by atoms with Gasteiger partial charge in [0.2, 0.25) is 0 Å². The minimum atomic E-state index is -1.84. The Hall–Kier alpha value is -2.73. The minimum Gasteiger partial charge on any atom is -0.462 e. The molecular weight excluding hydrogens is 396 g/mol. The van der Waals surface area contributed by atoms with E-state index >= 15 is 0 Å². The summed E-state index contributed by atoms with van der Waals surface area (Å²) >= 11 is 0. The summed E-state index contributed by atoms with van der Waals surface area (Å²) in [5.41, 5.74) is 0. The second-order valence-corrected chi connectivity index (χ2v) is 6.16. The summed E-state index contributed by atoms with van der Waals surface area (Å²) in [5.74, 6) is -3.97. The SMILES string of the molecule is CC(=O)OC[C@@H](OC(C)=O)[C@@H]1O[C@@H](O)[C@@H](OC(C)=O)[C@H](OC(C)=O)[C@@H]1OC(C)=O. The maximum atomic E-state index is 11.6. The van der Waals surface area contributed by atoms with Crippen LogP contribution in [-0.2, 0) is 52.4 Å². The first-order valence-electron chi connectivity index (χ1n) is 8.58. The van der Waals surface area contributed by atoms with Crippen molar-refractivity contribution in [2.45, 2.75) is 71.4 Å². The first-order valence-corrected chi connectivity index (χ1v) is 8.58. The molecule has 1 fully saturated rings. The Balaban J connectivity index is 3.34. The van der Waals surface area contributed by atoms with Crippen LogP contribution >= 0.6 is 0 Å². The zero-order valence-corrected chi connectivity index (χ0v) is 16.6. The van der Waals surface area contributed by atoms with Gasteiger partial charge in [-0.3, -0.25) is 24.0 Å². The van der Waals surface area contributed by atoms with E-state index in [1.54, 1.807) is 0 Å². The van der Waals surface area contributed by atoms with Gasteiger partial charge in [-0.15, -0.1) is 0 Å². The van der Waals surface area contributed by atoms with E-state index in [0.717, 1.165) is 34.6 Å². The molecule has 1 rings (SSSR count). The van der Waals surface area contributed by atoms with Crippen LogP contribution in [0.2, 0.25) is 0 Å². The van der Waals surface area contributed by atoms with Crippen molar-refractivity contribution >= 4 is 29.8 Å². The Bertz CT molecular complexity index is 644. The van der Waals surface area contributed by atoms with Gasteiger partial charge in [0.1, 0.15) is 12.7 Å². The van der Waals surface area contributed by atoms with Crippen molar-refractivity contribution in [3.8, 4) is 0 Å². The molecular formula is C17H24O12. The molecule has 1 saturated heterocycles. The largest absolute Gasteiger partial charge is 0.462 e. The number of carbonyl (C=O) groups excluding carboxylic acids is 5. The fourth-order valence-corrected chi connectivity index (χ4v) is 2.73. The fourth-order valence-electron chi connectivity index (χ4n) is 2.73. The van der Waals surface area contributed by atoms with Crippen LogP contribution < -0.4 is 0 Å². The van der Waals surface area contributed by atoms with Gasteiger partial charge >= 0.3 is 29.8 Å². The van der Waals surface area contributed by atoms with Crippen molar-refractivity contribution in [2.24, 2.45) is 0 Å². The van der Waals surface area contributed by atoms with Crippen LogP contribution in [0, 0.1) is 0 Å². The lowest BCUT2D eigenvalue weighted by atomic mass is 9.94. The number of hydrogen-bond donors (Lipinski definition) is 1. The zero-order valence-electron chi connectivity index (χ0n) is 16.6. The lowest BCUT2D eigenvalue weighted by molar-refractivity contribution is -0.306. The molecule has 0 aromatic rings. The number of hydrogen-bond acceptors (Lipinski definition) is 12. The number of carbonyl (C=O) groups is 5. The van der Waals surface area contributed by atoms with Crippen LogP contribution in [0.3, 0.4) is 0 Å². The summed E-state index contributed by atoms with van der Waals surface area (Å²) in [7, 11) is 0. The lowest BCUT2D eigenvalue weighted by Gasteiger charge is -2.44. The Morgan fingerprint density at radius 2 is 1.24 bits per heavy atom. The van der Waals surface area contributed by atoms with E-state index in [-0.39, 0.29) is 0 Å². The molecule has 1 aliphatic rings. The molecule has 0 spiro atoms. The molecule has 0 amide bonds. The van der Waals surface area contributed by atoms with Crippen molar-refractivity contribution in [1.82, 2.24) is 0 Å². The first kappa shape index (κ1) is 24.3. The molecule has 1 heterocycles. The van der Waals surface area contributed by atoms with Crippen molar-refractivity contribution in [3.05, 3.63) is 0 Å². The summed E-state index contributed by atoms with van der Waals surface area (Å²) in [6.07, 6.45) is -9.10. The van der Waals surface area contributed by atoms with Crippen molar-refractivity contribution in [2.75, 3.05) is 6.61 Å². The van der Waals surface area contributed by atoms with Crippen LogP contribution in [0.5, 0.6) is 0 Å². The van der Waals surface area contributed by atoms with E-state index < -0.39 is 73.3 Å². The van der Waals surface area contributed by atoms with Gasteiger partial charge in [-0.25, -0.2) is 0 Å². The molecule has 164 valence electrons. The number of rotatable bonds is 7. The number of esters is 5. The standard InChI is InChI=1S/C17H24O12/c1-7(18)24-6-12(25-8(2)19)13-14(26-9(3)20)15(27-10(4)21)16(17(23)29-13)28-11(5)22/h12-17,23H,6H2,1-5H3/t12-,13+,14-,15-,16+,17-/m1/s1. The van der Waals surface area contributed by atoms with Gasteiger partial charge in [0, 0.05) is 34.6 Å². The Morgan fingerprint density at radius 3 is 1.69 bits per heavy atom. The van der Waals surface area contributed by atoms with E-state index in [4.69, 9.17) is 28.4 Å². The van der Waals surface area contributed by atoms with Gasteiger partial charge < -0.3 is 33.5 Å². The molecule has 0 aliphatic carbocycles. The third kappa shape index (κ3) is 7.66. The highest BCUT2D eigenvalue weighted by Crippen LogP contribution is 2.30. The summed E-state index contributed by atoms with van der Waals surface area (Å²) in [6, 6.07) is 0. The molecule has 0 unspecified atom stereocenters. The first-order chi connectivity index (χ1) is 13.4. The van der Waals surface area contributed by atoms with Crippen LogP contribution in [0.4, 0.5) is 0 Å². The molecule has 12 nitrogen and oxygen atoms in total. The van der Waals surface area contributed by atoms with E-state index in [0.29, 0.717) is 0 Å². The Morgan fingerprint density at radius 1 is 0.759 bits per heavy atom. The zero-order chi connectivity index (χ0) is 22.3. The molecule has 1 N–H and O–H groups in total. The van der Waals surface area contributed by atoms with Gasteiger partial charge in [0.05, 0.1) is 0 Å². The monoisotopic (exact) mass is 420 g/mol. The molecule has 0 saturated carbocycles. The quantitative estimate of drug-likeness (QED) is 0.395. The normalized spacial score (nSPS) is 27.2. The number of aliphatic hydroxyl groups is 1. The lowest BCUT2D eigenvalue weighted by Crippen LogP contribution is -2.64. The summed E-state index contributed by atoms with van der Waals surface area (Å²) in [6.45, 7) is 4.84. The third-order valence-corrected chi connectivity index (χ3v) is 3.59. The van der Waals surface area contributed by atoms with Crippen molar-refractivity contribution in [3.63, 3.8) is 0 Å². The Labute approximate surface area is 166 Å². The fraction of sp³-hybridized carbons (Fsp3) is 0.706. The summed E-state index contributed by atoms with van der Waals surface area (Å²) in [5, 5.41) is 10.3. The molecule has 0 aromatic carbocycles. The van der Waals surface area contributed by atoms with Crippen molar-refractivity contribution < 1.29 is 57.5 Å². The predicted molar refractivity (Wildman–Crippen MR) is 89.7 cm³/mol. The highest BCUT2D eigenvalue weighted by Gasteiger charge is 2.54. The molecule has 12 heteroatoms. The van der Waals surface area contributed by atoms with E-state index in [1.165, 1.54) is 0 Å². The van der Waals surface area contributed by atoms with Crippen LogP contribution in [-0.4, -0.2) is 78.4 Å². The van der Waals surface area contributed by atoms with Gasteiger partial charge in [-0.1, -0.05) is 0 Å². The molecule has 0 aromatic heterocycles. The second-order valence-electron chi connectivity index (χ2n) is 6.16. The smallest absolute Gasteiger partial charge is 0.303 e. The molecule has 0 radical (unpaired) electrons. The van der Waals surface area contributed by atoms with Crippen LogP contribution in [0.25, 0.3) is 0 Å². The van der Waals surface area contributed by atoms with Gasteiger partial charge in [0.25, 0.3) is 0 Å². The van der Waals surface area contributed by atoms with Crippen LogP contribution in [0.15, 0.2) is 0 Å². The Kier molecular flexibility index (Phi) is 8.98. The van der Waals surface area contributed by atoms with E-state index in [9.17, 15) is 29.1 Å². The number of aliphatic hydroxyl groups excluding tert-OH is 1. The van der Waals surface area contributed by atoms with Crippen molar-refractivity contribution in [1.29, 1.82) is 0 Å². The summed E-state index contributed by atoms with van der Waals surface area (Å²) < 4.78 is 30.5. The molecule has 6 atom stereocenters. The predicted octanol–water partition coefficient (Wildman–Crippen LogP) is -1.01. The van der Waals surface area contributed by atoms with Gasteiger partial charge in [-0.05, 0) is 0 Å². The molecule has 1 aliphatic heterocycles. The average molecular weight is 420 g/mol. The second kappa shape index (κ2) is 10.7. The maximum Gasteiger partial charge on any atom is 0.303 e. The highest BCUT2D eigenvalue weighted by molar-refractivity contribution is 5.69. The third-order valence-electron chi connectivity index (χ3n) is 3.59. The highest BCUT2D eigenvalue weighted by atomic mass is 16.7. The molecule has 29 heavy (non-hydrogen) atoms. The average Bonchev–Trinajstić information content (AvgIpc) is 2.55. The topological polar surface area (TPSA) is 161 Å². The minimum absolute atomic E-state index is 0.505. The van der Waals surface area contributed by atoms with Gasteiger partial charge in [-0.2, -0.15) is 0 Å². The van der Waals surface area contributed by atoms with Gasteiger partial charge in [0.15, 0.2) is 30.7 Å². The summed E-state index contributed by atoms with van der Waals surface area (Å²) in [4.78, 5) is 57.2. The number of ether oxygens (including phenoxy) is 6. The van der Waals surface area contributed by atoms with E-state index in [1.807, 2.05) is 0 Å². The van der Waals surface area contributed by atoms with Crippen LogP contribution in [0.1, 0.15) is 34.6 Å². The maximum absolute atomic E-state index is 11.6. The molecule has 0 bridgehead atoms.